The van der Waals surface area contributed by atoms with Crippen LogP contribution in [0.5, 0.6) is 5.75 Å². The Morgan fingerprint density at radius 3 is 3.00 bits per heavy atom. The second-order valence-electron chi connectivity index (χ2n) is 3.03. The van der Waals surface area contributed by atoms with Crippen molar-refractivity contribution in [2.75, 3.05) is 5.75 Å². The van der Waals surface area contributed by atoms with E-state index in [0.29, 0.717) is 12.2 Å². The van der Waals surface area contributed by atoms with E-state index in [1.165, 1.54) is 36.9 Å². The Hall–Kier alpha value is -1.47. The van der Waals surface area contributed by atoms with Crippen molar-refractivity contribution in [3.05, 3.63) is 29.6 Å². The lowest BCUT2D eigenvalue weighted by Gasteiger charge is -1.96. The van der Waals surface area contributed by atoms with Crippen molar-refractivity contribution >= 4 is 16.9 Å². The summed E-state index contributed by atoms with van der Waals surface area (Å²) < 4.78 is 13.2. The largest absolute Gasteiger partial charge is 0.505 e. The molecule has 0 aliphatic heterocycles. The van der Waals surface area contributed by atoms with E-state index < -0.39 is 11.6 Å². The number of thioether (sulfide) groups is 1. The molecule has 1 aromatic carbocycles. The molecule has 84 valence electrons. The number of phenolic OH excluding ortho intramolecular Hbond substituents is 1. The van der Waals surface area contributed by atoms with Crippen LogP contribution in [-0.4, -0.2) is 16.0 Å². The highest BCUT2D eigenvalue weighted by molar-refractivity contribution is 8.13. The zero-order valence-electron chi connectivity index (χ0n) is 8.79. The number of benzene rings is 1. The highest BCUT2D eigenvalue weighted by Crippen LogP contribution is 2.17. The minimum Gasteiger partial charge on any atom is -0.505 e. The Kier molecular flexibility index (Phi) is 4.87. The molecule has 1 rings (SSSR count). The maximum absolute atomic E-state index is 13.2. The predicted molar refractivity (Wildman–Crippen MR) is 62.7 cm³/mol. The van der Waals surface area contributed by atoms with Gasteiger partial charge in [0, 0.05) is 19.1 Å². The van der Waals surface area contributed by atoms with Crippen molar-refractivity contribution in [3.8, 4) is 17.6 Å². The van der Waals surface area contributed by atoms with Gasteiger partial charge in [-0.05, 0) is 12.1 Å². The third-order valence-corrected chi connectivity index (χ3v) is 2.55. The van der Waals surface area contributed by atoms with E-state index in [4.69, 9.17) is 5.11 Å². The SMILES string of the molecule is CC(=O)SCCC#Cc1cccc(O)c1F. The molecule has 1 aromatic rings. The minimum absolute atomic E-state index is 0.0466. The van der Waals surface area contributed by atoms with Crippen LogP contribution < -0.4 is 0 Å². The van der Waals surface area contributed by atoms with E-state index in [-0.39, 0.29) is 10.7 Å². The second-order valence-corrected chi connectivity index (χ2v) is 4.30. The van der Waals surface area contributed by atoms with E-state index in [9.17, 15) is 9.18 Å². The fourth-order valence-corrected chi connectivity index (χ4v) is 1.51. The number of rotatable bonds is 2. The number of aromatic hydroxyl groups is 1. The minimum atomic E-state index is -0.700. The Labute approximate surface area is 97.9 Å². The first-order valence-electron chi connectivity index (χ1n) is 4.71. The molecule has 0 saturated heterocycles. The second kappa shape index (κ2) is 6.19. The Bertz CT molecular complexity index is 446. The molecular weight excluding hydrogens is 227 g/mol. The van der Waals surface area contributed by atoms with Gasteiger partial charge in [0.15, 0.2) is 16.7 Å². The van der Waals surface area contributed by atoms with Crippen molar-refractivity contribution in [1.82, 2.24) is 0 Å². The maximum Gasteiger partial charge on any atom is 0.185 e. The van der Waals surface area contributed by atoms with Crippen LogP contribution in [0.3, 0.4) is 0 Å². The van der Waals surface area contributed by atoms with Crippen LogP contribution in [0.15, 0.2) is 18.2 Å². The van der Waals surface area contributed by atoms with Crippen LogP contribution in [0, 0.1) is 17.7 Å². The molecular formula is C12H11FO2S. The zero-order chi connectivity index (χ0) is 12.0. The van der Waals surface area contributed by atoms with Gasteiger partial charge in [-0.3, -0.25) is 4.79 Å². The molecule has 16 heavy (non-hydrogen) atoms. The van der Waals surface area contributed by atoms with Crippen LogP contribution in [0.25, 0.3) is 0 Å². The van der Waals surface area contributed by atoms with Crippen LogP contribution in [-0.2, 0) is 4.79 Å². The molecule has 0 aliphatic carbocycles. The molecule has 0 saturated carbocycles. The molecule has 0 aromatic heterocycles. The van der Waals surface area contributed by atoms with E-state index in [2.05, 4.69) is 11.8 Å². The van der Waals surface area contributed by atoms with Crippen molar-refractivity contribution < 1.29 is 14.3 Å². The lowest BCUT2D eigenvalue weighted by molar-refractivity contribution is -0.109. The smallest absolute Gasteiger partial charge is 0.185 e. The Balaban J connectivity index is 2.56. The van der Waals surface area contributed by atoms with E-state index in [0.717, 1.165) is 0 Å². The number of carbonyl (C=O) groups excluding carboxylic acids is 1. The molecule has 0 atom stereocenters. The molecule has 0 heterocycles. The number of hydrogen-bond acceptors (Lipinski definition) is 3. The first-order valence-corrected chi connectivity index (χ1v) is 5.69. The highest BCUT2D eigenvalue weighted by atomic mass is 32.2. The first kappa shape index (κ1) is 12.6. The van der Waals surface area contributed by atoms with Gasteiger partial charge >= 0.3 is 0 Å². The normalized spacial score (nSPS) is 9.38. The highest BCUT2D eigenvalue weighted by Gasteiger charge is 2.03. The average Bonchev–Trinajstić information content (AvgIpc) is 2.23. The number of phenols is 1. The maximum atomic E-state index is 13.2. The predicted octanol–water partition coefficient (Wildman–Crippen LogP) is 2.55. The third-order valence-electron chi connectivity index (χ3n) is 1.73. The molecule has 4 heteroatoms. The van der Waals surface area contributed by atoms with Gasteiger partial charge in [0.2, 0.25) is 0 Å². The van der Waals surface area contributed by atoms with Gasteiger partial charge in [-0.2, -0.15) is 0 Å². The first-order chi connectivity index (χ1) is 7.61. The summed E-state index contributed by atoms with van der Waals surface area (Å²) in [5, 5.41) is 9.13. The lowest BCUT2D eigenvalue weighted by Crippen LogP contribution is -1.85. The topological polar surface area (TPSA) is 37.3 Å². The van der Waals surface area contributed by atoms with E-state index in [1.807, 2.05) is 0 Å². The summed E-state index contributed by atoms with van der Waals surface area (Å²) in [5.41, 5.74) is 0.174. The summed E-state index contributed by atoms with van der Waals surface area (Å²) in [6, 6.07) is 4.30. The summed E-state index contributed by atoms with van der Waals surface area (Å²) >= 11 is 1.19. The van der Waals surface area contributed by atoms with Crippen LogP contribution >= 0.6 is 11.8 Å². The molecule has 0 radical (unpaired) electrons. The van der Waals surface area contributed by atoms with Crippen LogP contribution in [0.1, 0.15) is 18.9 Å². The number of carbonyl (C=O) groups is 1. The zero-order valence-corrected chi connectivity index (χ0v) is 9.60. The van der Waals surface area contributed by atoms with Crippen LogP contribution in [0.2, 0.25) is 0 Å². The molecule has 0 unspecified atom stereocenters. The monoisotopic (exact) mass is 238 g/mol. The average molecular weight is 238 g/mol. The Morgan fingerprint density at radius 2 is 2.31 bits per heavy atom. The summed E-state index contributed by atoms with van der Waals surface area (Å²) in [6.45, 7) is 1.49. The fraction of sp³-hybridized carbons (Fsp3) is 0.250. The summed E-state index contributed by atoms with van der Waals surface area (Å²) in [5.74, 6) is 4.87. The molecule has 1 N–H and O–H groups in total. The van der Waals surface area contributed by atoms with Crippen LogP contribution in [0.4, 0.5) is 4.39 Å². The van der Waals surface area contributed by atoms with Gasteiger partial charge in [-0.1, -0.05) is 29.7 Å². The van der Waals surface area contributed by atoms with Crippen molar-refractivity contribution in [2.24, 2.45) is 0 Å². The number of hydrogen-bond donors (Lipinski definition) is 1. The van der Waals surface area contributed by atoms with Crippen molar-refractivity contribution in [1.29, 1.82) is 0 Å². The molecule has 0 aliphatic rings. The summed E-state index contributed by atoms with van der Waals surface area (Å²) in [6.07, 6.45) is 0.513. The molecule has 0 fully saturated rings. The molecule has 0 bridgehead atoms. The summed E-state index contributed by atoms with van der Waals surface area (Å²) in [7, 11) is 0. The number of halogens is 1. The van der Waals surface area contributed by atoms with Gasteiger partial charge < -0.3 is 5.11 Å². The third kappa shape index (κ3) is 3.95. The van der Waals surface area contributed by atoms with Gasteiger partial charge in [-0.25, -0.2) is 4.39 Å². The van der Waals surface area contributed by atoms with Crippen molar-refractivity contribution in [3.63, 3.8) is 0 Å². The van der Waals surface area contributed by atoms with Gasteiger partial charge in [-0.15, -0.1) is 0 Å². The molecule has 2 nitrogen and oxygen atoms in total. The fourth-order valence-electron chi connectivity index (χ4n) is 1.02. The summed E-state index contributed by atoms with van der Waals surface area (Å²) in [4.78, 5) is 10.6. The van der Waals surface area contributed by atoms with E-state index >= 15 is 0 Å². The van der Waals surface area contributed by atoms with Gasteiger partial charge in [0.25, 0.3) is 0 Å². The lowest BCUT2D eigenvalue weighted by atomic mass is 10.2. The van der Waals surface area contributed by atoms with E-state index in [1.54, 1.807) is 0 Å². The molecule has 0 amide bonds. The molecule has 0 spiro atoms. The standard InChI is InChI=1S/C12H11FO2S/c1-9(14)16-8-3-2-5-10-6-4-7-11(15)12(10)13/h4,6-7,15H,3,8H2,1H3. The quantitative estimate of drug-likeness (QED) is 0.635. The Morgan fingerprint density at radius 1 is 1.56 bits per heavy atom. The van der Waals surface area contributed by atoms with Crippen molar-refractivity contribution in [2.45, 2.75) is 13.3 Å². The van der Waals surface area contributed by atoms with Gasteiger partial charge in [0.1, 0.15) is 0 Å². The van der Waals surface area contributed by atoms with Gasteiger partial charge in [0.05, 0.1) is 5.56 Å².